The second-order valence-corrected chi connectivity index (χ2v) is 7.17. The van der Waals surface area contributed by atoms with Gasteiger partial charge in [0.25, 0.3) is 0 Å². The molecule has 1 unspecified atom stereocenters. The van der Waals surface area contributed by atoms with Crippen LogP contribution in [0.1, 0.15) is 12.1 Å². The highest BCUT2D eigenvalue weighted by Crippen LogP contribution is 2.28. The van der Waals surface area contributed by atoms with Crippen LogP contribution in [0.3, 0.4) is 0 Å². The van der Waals surface area contributed by atoms with E-state index in [1.807, 2.05) is 20.0 Å². The zero-order valence-electron chi connectivity index (χ0n) is 11.8. The minimum Gasteiger partial charge on any atom is -0.311 e. The number of anilines is 1. The van der Waals surface area contributed by atoms with E-state index in [9.17, 15) is 13.2 Å². The standard InChI is InChI=1S/C13H16N4O3S/c1-8-11-4-3-9(5-12(11)15-16(8)2)17-7-10(6-13(17)18)21(14,19)20/h3-5,10H,6-7H2,1-2H3,(H2,14,19,20). The van der Waals surface area contributed by atoms with Crippen molar-refractivity contribution in [3.8, 4) is 0 Å². The Labute approximate surface area is 122 Å². The largest absolute Gasteiger partial charge is 0.311 e. The first-order chi connectivity index (χ1) is 9.77. The molecule has 3 rings (SSSR count). The molecule has 1 aromatic heterocycles. The third-order valence-corrected chi connectivity index (χ3v) is 5.23. The number of nitrogens with two attached hydrogens (primary N) is 1. The number of aromatic nitrogens is 2. The molecule has 2 heterocycles. The molecule has 1 fully saturated rings. The van der Waals surface area contributed by atoms with Gasteiger partial charge in [0.15, 0.2) is 0 Å². The van der Waals surface area contributed by atoms with Gasteiger partial charge in [-0.1, -0.05) is 0 Å². The number of benzene rings is 1. The average Bonchev–Trinajstić information content (AvgIpc) is 2.91. The summed E-state index contributed by atoms with van der Waals surface area (Å²) in [6.45, 7) is 2.06. The number of aryl methyl sites for hydroxylation is 2. The van der Waals surface area contributed by atoms with Crippen LogP contribution >= 0.6 is 0 Å². The van der Waals surface area contributed by atoms with Crippen LogP contribution in [0.25, 0.3) is 10.9 Å². The average molecular weight is 308 g/mol. The van der Waals surface area contributed by atoms with Gasteiger partial charge in [-0.3, -0.25) is 9.48 Å². The number of carbonyl (C=O) groups is 1. The van der Waals surface area contributed by atoms with Crippen LogP contribution in [0.15, 0.2) is 18.2 Å². The molecule has 2 N–H and O–H groups in total. The van der Waals surface area contributed by atoms with Gasteiger partial charge in [-0.2, -0.15) is 5.10 Å². The van der Waals surface area contributed by atoms with Crippen molar-refractivity contribution in [2.45, 2.75) is 18.6 Å². The zero-order chi connectivity index (χ0) is 15.4. The van der Waals surface area contributed by atoms with E-state index in [0.717, 1.165) is 16.6 Å². The van der Waals surface area contributed by atoms with Gasteiger partial charge in [-0.15, -0.1) is 0 Å². The molecule has 21 heavy (non-hydrogen) atoms. The van der Waals surface area contributed by atoms with E-state index >= 15 is 0 Å². The van der Waals surface area contributed by atoms with Crippen LogP contribution in [-0.4, -0.2) is 35.9 Å². The van der Waals surface area contributed by atoms with Crippen molar-refractivity contribution in [3.05, 3.63) is 23.9 Å². The number of sulfonamides is 1. The van der Waals surface area contributed by atoms with Crippen LogP contribution in [-0.2, 0) is 21.9 Å². The third-order valence-electron chi connectivity index (χ3n) is 3.98. The predicted molar refractivity (Wildman–Crippen MR) is 79.3 cm³/mol. The van der Waals surface area contributed by atoms with Crippen molar-refractivity contribution in [2.24, 2.45) is 12.2 Å². The van der Waals surface area contributed by atoms with E-state index in [1.165, 1.54) is 4.90 Å². The summed E-state index contributed by atoms with van der Waals surface area (Å²) in [6.07, 6.45) is -0.0713. The molecule has 1 aliphatic rings. The number of rotatable bonds is 2. The van der Waals surface area contributed by atoms with Gasteiger partial charge in [-0.25, -0.2) is 13.6 Å². The number of hydrogen-bond acceptors (Lipinski definition) is 4. The van der Waals surface area contributed by atoms with Gasteiger partial charge in [0.1, 0.15) is 5.25 Å². The van der Waals surface area contributed by atoms with Gasteiger partial charge in [0.2, 0.25) is 15.9 Å². The minimum absolute atomic E-state index is 0.0713. The maximum atomic E-state index is 12.0. The molecule has 1 aromatic carbocycles. The Morgan fingerprint density at radius 1 is 1.38 bits per heavy atom. The van der Waals surface area contributed by atoms with Crippen molar-refractivity contribution < 1.29 is 13.2 Å². The van der Waals surface area contributed by atoms with Gasteiger partial charge < -0.3 is 4.90 Å². The number of primary sulfonamides is 1. The fraction of sp³-hybridized carbons (Fsp3) is 0.385. The Balaban J connectivity index is 1.99. The van der Waals surface area contributed by atoms with E-state index in [1.54, 1.807) is 16.8 Å². The summed E-state index contributed by atoms with van der Waals surface area (Å²) < 4.78 is 24.6. The van der Waals surface area contributed by atoms with Crippen LogP contribution in [0.4, 0.5) is 5.69 Å². The molecule has 1 saturated heterocycles. The van der Waals surface area contributed by atoms with E-state index in [-0.39, 0.29) is 18.9 Å². The Hall–Kier alpha value is -1.93. The Kier molecular flexibility index (Phi) is 3.03. The van der Waals surface area contributed by atoms with Gasteiger partial charge in [-0.05, 0) is 25.1 Å². The molecule has 2 aromatic rings. The smallest absolute Gasteiger partial charge is 0.228 e. The highest BCUT2D eigenvalue weighted by Gasteiger charge is 2.37. The summed E-state index contributed by atoms with van der Waals surface area (Å²) in [5.74, 6) is -0.235. The van der Waals surface area contributed by atoms with Crippen LogP contribution in [0, 0.1) is 6.92 Å². The number of amides is 1. The van der Waals surface area contributed by atoms with Crippen molar-refractivity contribution in [1.29, 1.82) is 0 Å². The van der Waals surface area contributed by atoms with Crippen LogP contribution < -0.4 is 10.0 Å². The number of fused-ring (bicyclic) bond motifs is 1. The van der Waals surface area contributed by atoms with E-state index in [0.29, 0.717) is 5.69 Å². The topological polar surface area (TPSA) is 98.3 Å². The van der Waals surface area contributed by atoms with Crippen molar-refractivity contribution in [3.63, 3.8) is 0 Å². The third kappa shape index (κ3) is 2.30. The molecule has 1 aliphatic heterocycles. The lowest BCUT2D eigenvalue weighted by Crippen LogP contribution is -2.32. The minimum atomic E-state index is -3.70. The monoisotopic (exact) mass is 308 g/mol. The summed E-state index contributed by atoms with van der Waals surface area (Å²) >= 11 is 0. The molecule has 7 nitrogen and oxygen atoms in total. The number of hydrogen-bond donors (Lipinski definition) is 1. The molecule has 112 valence electrons. The normalized spacial score (nSPS) is 19.7. The first-order valence-electron chi connectivity index (χ1n) is 6.52. The molecule has 0 bridgehead atoms. The fourth-order valence-corrected chi connectivity index (χ4v) is 3.36. The number of nitrogens with zero attached hydrogens (tertiary/aromatic N) is 3. The maximum Gasteiger partial charge on any atom is 0.228 e. The molecule has 8 heteroatoms. The fourth-order valence-electron chi connectivity index (χ4n) is 2.63. The van der Waals surface area contributed by atoms with E-state index in [4.69, 9.17) is 5.14 Å². The van der Waals surface area contributed by atoms with Gasteiger partial charge >= 0.3 is 0 Å². The zero-order valence-corrected chi connectivity index (χ0v) is 12.6. The van der Waals surface area contributed by atoms with Crippen LogP contribution in [0.5, 0.6) is 0 Å². The highest BCUT2D eigenvalue weighted by atomic mass is 32.2. The molecular formula is C13H16N4O3S. The second-order valence-electron chi connectivity index (χ2n) is 5.33. The lowest BCUT2D eigenvalue weighted by molar-refractivity contribution is -0.117. The highest BCUT2D eigenvalue weighted by molar-refractivity contribution is 7.89. The summed E-state index contributed by atoms with van der Waals surface area (Å²) in [5.41, 5.74) is 2.46. The molecule has 0 aliphatic carbocycles. The summed E-state index contributed by atoms with van der Waals surface area (Å²) in [5, 5.41) is 9.68. The predicted octanol–water partition coefficient (Wildman–Crippen LogP) is 0.276. The van der Waals surface area contributed by atoms with Crippen molar-refractivity contribution in [2.75, 3.05) is 11.4 Å². The number of carbonyl (C=O) groups excluding carboxylic acids is 1. The van der Waals surface area contributed by atoms with E-state index < -0.39 is 15.3 Å². The molecular weight excluding hydrogens is 292 g/mol. The second kappa shape index (κ2) is 4.54. The van der Waals surface area contributed by atoms with Crippen molar-refractivity contribution >= 4 is 32.5 Å². The molecule has 1 atom stereocenters. The lowest BCUT2D eigenvalue weighted by atomic mass is 10.2. The Morgan fingerprint density at radius 3 is 2.71 bits per heavy atom. The molecule has 0 spiro atoms. The summed E-state index contributed by atoms with van der Waals surface area (Å²) in [7, 11) is -1.85. The van der Waals surface area contributed by atoms with Crippen LogP contribution in [0.2, 0.25) is 0 Å². The van der Waals surface area contributed by atoms with Gasteiger partial charge in [0, 0.05) is 36.8 Å². The quantitative estimate of drug-likeness (QED) is 0.861. The van der Waals surface area contributed by atoms with E-state index in [2.05, 4.69) is 5.10 Å². The molecule has 0 radical (unpaired) electrons. The maximum absolute atomic E-state index is 12.0. The summed E-state index contributed by atoms with van der Waals surface area (Å²) in [4.78, 5) is 13.5. The Bertz CT molecular complexity index is 840. The Morgan fingerprint density at radius 2 is 2.10 bits per heavy atom. The first-order valence-corrected chi connectivity index (χ1v) is 8.13. The molecule has 0 saturated carbocycles. The lowest BCUT2D eigenvalue weighted by Gasteiger charge is -2.16. The molecule has 1 amide bonds. The van der Waals surface area contributed by atoms with Crippen molar-refractivity contribution in [1.82, 2.24) is 9.78 Å². The summed E-state index contributed by atoms with van der Waals surface area (Å²) in [6, 6.07) is 5.50. The first kappa shape index (κ1) is 14.0. The van der Waals surface area contributed by atoms with Gasteiger partial charge in [0.05, 0.1) is 5.52 Å². The SMILES string of the molecule is Cc1c2ccc(N3CC(S(N)(=O)=O)CC3=O)cc2nn1C.